The average Bonchev–Trinajstić information content (AvgIpc) is 2.29. The highest BCUT2D eigenvalue weighted by Gasteiger charge is 2.08. The maximum absolute atomic E-state index is 9.16. The van der Waals surface area contributed by atoms with Crippen molar-refractivity contribution in [3.05, 3.63) is 40.9 Å². The lowest BCUT2D eigenvalue weighted by atomic mass is 9.89. The molecule has 0 saturated heterocycles. The van der Waals surface area contributed by atoms with Crippen molar-refractivity contribution in [2.75, 3.05) is 0 Å². The molecule has 0 saturated carbocycles. The molecule has 0 aliphatic rings. The molecule has 0 aliphatic carbocycles. The predicted octanol–water partition coefficient (Wildman–Crippen LogP) is 5.46. The summed E-state index contributed by atoms with van der Waals surface area (Å²) < 4.78 is 0. The largest absolute Gasteiger partial charge is 0.192 e. The zero-order valence-electron chi connectivity index (χ0n) is 11.3. The van der Waals surface area contributed by atoms with E-state index in [1.54, 1.807) is 0 Å². The van der Waals surface area contributed by atoms with Crippen LogP contribution in [0.4, 0.5) is 0 Å². The van der Waals surface area contributed by atoms with E-state index < -0.39 is 0 Å². The van der Waals surface area contributed by atoms with Gasteiger partial charge in [0.15, 0.2) is 0 Å². The number of halogens is 1. The van der Waals surface area contributed by atoms with Gasteiger partial charge >= 0.3 is 0 Å². The monoisotopic (exact) mass is 261 g/mol. The van der Waals surface area contributed by atoms with Crippen molar-refractivity contribution in [2.24, 2.45) is 5.41 Å². The molecule has 0 atom stereocenters. The summed E-state index contributed by atoms with van der Waals surface area (Å²) in [5.74, 6) is 0. The fourth-order valence-electron chi connectivity index (χ4n) is 1.74. The van der Waals surface area contributed by atoms with E-state index >= 15 is 0 Å². The molecule has 0 fully saturated rings. The van der Waals surface area contributed by atoms with Crippen molar-refractivity contribution in [2.45, 2.75) is 40.0 Å². The van der Waals surface area contributed by atoms with Gasteiger partial charge in [0, 0.05) is 5.02 Å². The minimum Gasteiger partial charge on any atom is -0.192 e. The first-order chi connectivity index (χ1) is 8.42. The van der Waals surface area contributed by atoms with Crippen LogP contribution < -0.4 is 0 Å². The third-order valence-corrected chi connectivity index (χ3v) is 3.01. The molecule has 1 nitrogen and oxygen atoms in total. The summed E-state index contributed by atoms with van der Waals surface area (Å²) in [6.45, 7) is 6.71. The van der Waals surface area contributed by atoms with Gasteiger partial charge in [-0.2, -0.15) is 5.26 Å². The molecule has 0 N–H and O–H groups in total. The van der Waals surface area contributed by atoms with Crippen molar-refractivity contribution >= 4 is 17.2 Å². The Hall–Kier alpha value is -1.26. The van der Waals surface area contributed by atoms with Gasteiger partial charge in [-0.1, -0.05) is 50.6 Å². The Bertz CT molecular complexity index is 443. The summed E-state index contributed by atoms with van der Waals surface area (Å²) in [7, 11) is 0. The maximum Gasteiger partial charge on any atom is 0.0994 e. The molecule has 0 unspecified atom stereocenters. The highest BCUT2D eigenvalue weighted by molar-refractivity contribution is 6.30. The predicted molar refractivity (Wildman–Crippen MR) is 78.3 cm³/mol. The second kappa shape index (κ2) is 6.61. The van der Waals surface area contributed by atoms with Crippen LogP contribution in [0.25, 0.3) is 5.57 Å². The topological polar surface area (TPSA) is 23.8 Å². The van der Waals surface area contributed by atoms with Gasteiger partial charge in [0.25, 0.3) is 0 Å². The molecule has 1 aromatic rings. The number of rotatable bonds is 4. The van der Waals surface area contributed by atoms with Gasteiger partial charge in [-0.3, -0.25) is 0 Å². The summed E-state index contributed by atoms with van der Waals surface area (Å²) >= 11 is 5.83. The lowest BCUT2D eigenvalue weighted by Crippen LogP contribution is -2.03. The molecular formula is C16H20ClN. The second-order valence-electron chi connectivity index (χ2n) is 5.69. The molecule has 1 aromatic carbocycles. The van der Waals surface area contributed by atoms with E-state index in [0.29, 0.717) is 10.4 Å². The number of hydrogen-bond acceptors (Lipinski definition) is 1. The van der Waals surface area contributed by atoms with E-state index in [-0.39, 0.29) is 0 Å². The first kappa shape index (κ1) is 14.8. The molecule has 2 heteroatoms. The van der Waals surface area contributed by atoms with E-state index in [2.05, 4.69) is 26.8 Å². The number of unbranched alkanes of at least 4 members (excludes halogenated alkanes) is 1. The number of nitrogens with zero attached hydrogens (tertiary/aromatic N) is 1. The Balaban J connectivity index is 2.62. The van der Waals surface area contributed by atoms with E-state index in [4.69, 9.17) is 16.9 Å². The zero-order chi connectivity index (χ0) is 13.6. The Kier molecular flexibility index (Phi) is 5.44. The standard InChI is InChI=1S/C16H20ClN/c1-16(2,3)11-5-4-6-14(12-18)13-7-9-15(17)10-8-13/h6-10H,4-5,11H2,1-3H3. The first-order valence-corrected chi connectivity index (χ1v) is 6.66. The molecule has 0 heterocycles. The molecule has 96 valence electrons. The molecule has 18 heavy (non-hydrogen) atoms. The van der Waals surface area contributed by atoms with Crippen LogP contribution in [0.1, 0.15) is 45.6 Å². The van der Waals surface area contributed by atoms with Crippen molar-refractivity contribution in [1.29, 1.82) is 5.26 Å². The van der Waals surface area contributed by atoms with Crippen LogP contribution in [-0.4, -0.2) is 0 Å². The van der Waals surface area contributed by atoms with Crippen LogP contribution in [0.3, 0.4) is 0 Å². The minimum atomic E-state index is 0.362. The van der Waals surface area contributed by atoms with Crippen molar-refractivity contribution in [3.8, 4) is 6.07 Å². The van der Waals surface area contributed by atoms with Gasteiger partial charge in [0.2, 0.25) is 0 Å². The second-order valence-corrected chi connectivity index (χ2v) is 6.13. The molecule has 0 spiro atoms. The summed E-state index contributed by atoms with van der Waals surface area (Å²) in [5, 5.41) is 9.85. The van der Waals surface area contributed by atoms with Gasteiger partial charge in [-0.05, 0) is 42.4 Å². The van der Waals surface area contributed by atoms with Gasteiger partial charge in [-0.25, -0.2) is 0 Å². The fraction of sp³-hybridized carbons (Fsp3) is 0.438. The third kappa shape index (κ3) is 5.38. The average molecular weight is 262 g/mol. The van der Waals surface area contributed by atoms with Gasteiger partial charge in [0.1, 0.15) is 0 Å². The van der Waals surface area contributed by atoms with Crippen LogP contribution in [0.5, 0.6) is 0 Å². The highest BCUT2D eigenvalue weighted by atomic mass is 35.5. The molecule has 0 bridgehead atoms. The summed E-state index contributed by atoms with van der Waals surface area (Å²) in [6, 6.07) is 9.67. The number of nitriles is 1. The van der Waals surface area contributed by atoms with Crippen molar-refractivity contribution < 1.29 is 0 Å². The number of benzene rings is 1. The zero-order valence-corrected chi connectivity index (χ0v) is 12.1. The quantitative estimate of drug-likeness (QED) is 0.521. The van der Waals surface area contributed by atoms with Gasteiger partial charge in [-0.15, -0.1) is 0 Å². The number of allylic oxidation sites excluding steroid dienone is 2. The summed E-state index contributed by atoms with van der Waals surface area (Å²) in [4.78, 5) is 0. The minimum absolute atomic E-state index is 0.362. The van der Waals surface area contributed by atoms with Crippen LogP contribution >= 0.6 is 11.6 Å². The Morgan fingerprint density at radius 3 is 2.39 bits per heavy atom. The van der Waals surface area contributed by atoms with Crippen molar-refractivity contribution in [1.82, 2.24) is 0 Å². The Morgan fingerprint density at radius 2 is 1.89 bits per heavy atom. The first-order valence-electron chi connectivity index (χ1n) is 6.28. The van der Waals surface area contributed by atoms with Gasteiger partial charge in [0.05, 0.1) is 11.6 Å². The maximum atomic E-state index is 9.16. The summed E-state index contributed by atoms with van der Waals surface area (Å²) in [6.07, 6.45) is 5.25. The van der Waals surface area contributed by atoms with E-state index in [1.165, 1.54) is 6.42 Å². The van der Waals surface area contributed by atoms with E-state index in [9.17, 15) is 0 Å². The smallest absolute Gasteiger partial charge is 0.0994 e. The lowest BCUT2D eigenvalue weighted by molar-refractivity contribution is 0.367. The molecule has 0 aromatic heterocycles. The third-order valence-electron chi connectivity index (χ3n) is 2.76. The van der Waals surface area contributed by atoms with Crippen molar-refractivity contribution in [3.63, 3.8) is 0 Å². The Labute approximate surface area is 115 Å². The number of hydrogen-bond donors (Lipinski definition) is 0. The molecule has 0 aliphatic heterocycles. The summed E-state index contributed by atoms with van der Waals surface area (Å²) in [5.41, 5.74) is 2.04. The van der Waals surface area contributed by atoms with Gasteiger partial charge < -0.3 is 0 Å². The van der Waals surface area contributed by atoms with Crippen LogP contribution in [0, 0.1) is 16.7 Å². The Morgan fingerprint density at radius 1 is 1.28 bits per heavy atom. The van der Waals surface area contributed by atoms with Crippen LogP contribution in [0.15, 0.2) is 30.3 Å². The van der Waals surface area contributed by atoms with E-state index in [1.807, 2.05) is 30.3 Å². The normalized spacial score (nSPS) is 12.3. The fourth-order valence-corrected chi connectivity index (χ4v) is 1.86. The SMILES string of the molecule is CC(C)(C)CCCC=C(C#N)c1ccc(Cl)cc1. The lowest BCUT2D eigenvalue weighted by Gasteiger charge is -2.16. The molecular weight excluding hydrogens is 242 g/mol. The van der Waals surface area contributed by atoms with Crippen LogP contribution in [0.2, 0.25) is 5.02 Å². The molecule has 1 rings (SSSR count). The molecule has 0 amide bonds. The molecule has 0 radical (unpaired) electrons. The van der Waals surface area contributed by atoms with E-state index in [0.717, 1.165) is 24.0 Å². The highest BCUT2D eigenvalue weighted by Crippen LogP contribution is 2.23. The van der Waals surface area contributed by atoms with Crippen LogP contribution in [-0.2, 0) is 0 Å².